The Morgan fingerprint density at radius 3 is 2.74 bits per heavy atom. The van der Waals surface area contributed by atoms with E-state index in [2.05, 4.69) is 20.0 Å². The summed E-state index contributed by atoms with van der Waals surface area (Å²) in [6.07, 6.45) is 2.83. The van der Waals surface area contributed by atoms with E-state index in [4.69, 9.17) is 11.6 Å². The highest BCUT2D eigenvalue weighted by molar-refractivity contribution is 6.29. The molecule has 19 heavy (non-hydrogen) atoms. The van der Waals surface area contributed by atoms with Crippen molar-refractivity contribution < 1.29 is 13.5 Å². The Labute approximate surface area is 113 Å². The molecule has 2 aromatic rings. The molecular formula is C12H10ClF2N3O. The molecule has 4 nitrogen and oxygen atoms in total. The van der Waals surface area contributed by atoms with Crippen molar-refractivity contribution in [2.45, 2.75) is 13.2 Å². The van der Waals surface area contributed by atoms with E-state index in [0.29, 0.717) is 17.4 Å². The Morgan fingerprint density at radius 1 is 1.26 bits per heavy atom. The van der Waals surface area contributed by atoms with Gasteiger partial charge >= 0.3 is 6.61 Å². The van der Waals surface area contributed by atoms with Gasteiger partial charge in [0.1, 0.15) is 10.9 Å². The zero-order chi connectivity index (χ0) is 13.7. The number of pyridine rings is 2. The van der Waals surface area contributed by atoms with E-state index >= 15 is 0 Å². The number of anilines is 1. The van der Waals surface area contributed by atoms with E-state index in [1.165, 1.54) is 12.3 Å². The highest BCUT2D eigenvalue weighted by Gasteiger charge is 2.04. The van der Waals surface area contributed by atoms with Crippen molar-refractivity contribution >= 4 is 17.3 Å². The second kappa shape index (κ2) is 6.29. The minimum Gasteiger partial charge on any atom is -0.433 e. The van der Waals surface area contributed by atoms with Gasteiger partial charge in [0, 0.05) is 11.9 Å². The van der Waals surface area contributed by atoms with Crippen molar-refractivity contribution in [3.8, 4) is 5.75 Å². The van der Waals surface area contributed by atoms with Crippen molar-refractivity contribution in [3.63, 3.8) is 0 Å². The monoisotopic (exact) mass is 285 g/mol. The normalized spacial score (nSPS) is 10.5. The number of alkyl halides is 2. The zero-order valence-corrected chi connectivity index (χ0v) is 10.4. The van der Waals surface area contributed by atoms with Crippen molar-refractivity contribution in [3.05, 3.63) is 47.5 Å². The van der Waals surface area contributed by atoms with Crippen LogP contribution in [0.15, 0.2) is 36.7 Å². The predicted octanol–water partition coefficient (Wildman–Crippen LogP) is 3.34. The summed E-state index contributed by atoms with van der Waals surface area (Å²) in [6, 6.07) is 6.49. The van der Waals surface area contributed by atoms with Gasteiger partial charge < -0.3 is 10.1 Å². The molecule has 7 heteroatoms. The lowest BCUT2D eigenvalue weighted by Gasteiger charge is -2.07. The van der Waals surface area contributed by atoms with Crippen LogP contribution >= 0.6 is 11.6 Å². The number of nitrogens with zero attached hydrogens (tertiary/aromatic N) is 2. The molecule has 0 saturated heterocycles. The number of hydrogen-bond acceptors (Lipinski definition) is 4. The molecule has 0 aliphatic rings. The molecule has 0 amide bonds. The van der Waals surface area contributed by atoms with Gasteiger partial charge in [0.25, 0.3) is 0 Å². The summed E-state index contributed by atoms with van der Waals surface area (Å²) >= 11 is 5.74. The van der Waals surface area contributed by atoms with E-state index in [0.717, 1.165) is 5.69 Å². The molecule has 0 spiro atoms. The van der Waals surface area contributed by atoms with Gasteiger partial charge in [-0.1, -0.05) is 11.6 Å². The number of aromatic nitrogens is 2. The average Bonchev–Trinajstić information content (AvgIpc) is 2.37. The van der Waals surface area contributed by atoms with Crippen LogP contribution in [-0.4, -0.2) is 16.6 Å². The summed E-state index contributed by atoms with van der Waals surface area (Å²) in [4.78, 5) is 7.86. The molecule has 1 N–H and O–H groups in total. The lowest BCUT2D eigenvalue weighted by molar-refractivity contribution is -0.0500. The fourth-order valence-corrected chi connectivity index (χ4v) is 1.57. The van der Waals surface area contributed by atoms with Crippen molar-refractivity contribution in [2.24, 2.45) is 0 Å². The summed E-state index contributed by atoms with van der Waals surface area (Å²) in [5.41, 5.74) is 1.49. The van der Waals surface area contributed by atoms with Crippen LogP contribution in [0.1, 0.15) is 5.69 Å². The maximum atomic E-state index is 11.9. The average molecular weight is 286 g/mol. The predicted molar refractivity (Wildman–Crippen MR) is 67.4 cm³/mol. The molecular weight excluding hydrogens is 276 g/mol. The van der Waals surface area contributed by atoms with Crippen LogP contribution in [0.2, 0.25) is 5.15 Å². The first kappa shape index (κ1) is 13.5. The Kier molecular flexibility index (Phi) is 4.46. The fraction of sp³-hybridized carbons (Fsp3) is 0.167. The smallest absolute Gasteiger partial charge is 0.387 e. The van der Waals surface area contributed by atoms with E-state index in [-0.39, 0.29) is 5.75 Å². The molecule has 0 aliphatic carbocycles. The minimum atomic E-state index is -2.84. The number of ether oxygens (including phenoxy) is 1. The molecule has 0 atom stereocenters. The number of rotatable bonds is 5. The van der Waals surface area contributed by atoms with E-state index in [1.54, 1.807) is 24.4 Å². The van der Waals surface area contributed by atoms with Gasteiger partial charge in [-0.05, 0) is 24.3 Å². The third-order valence-electron chi connectivity index (χ3n) is 2.22. The van der Waals surface area contributed by atoms with Crippen molar-refractivity contribution in [1.29, 1.82) is 0 Å². The number of nitrogens with one attached hydrogen (secondary N) is 1. The Morgan fingerprint density at radius 2 is 2.11 bits per heavy atom. The van der Waals surface area contributed by atoms with E-state index in [9.17, 15) is 8.78 Å². The summed E-state index contributed by atoms with van der Waals surface area (Å²) in [5.74, 6) is 0.0331. The van der Waals surface area contributed by atoms with Crippen LogP contribution in [-0.2, 0) is 6.54 Å². The van der Waals surface area contributed by atoms with Crippen LogP contribution in [0.4, 0.5) is 14.5 Å². The number of halogens is 3. The van der Waals surface area contributed by atoms with Gasteiger partial charge in [-0.2, -0.15) is 8.78 Å². The molecule has 2 rings (SSSR count). The van der Waals surface area contributed by atoms with Crippen LogP contribution in [0, 0.1) is 0 Å². The third-order valence-corrected chi connectivity index (χ3v) is 2.43. The van der Waals surface area contributed by atoms with Gasteiger partial charge in [-0.3, -0.25) is 4.98 Å². The molecule has 0 aromatic carbocycles. The fourth-order valence-electron chi connectivity index (χ4n) is 1.39. The second-order valence-corrected chi connectivity index (χ2v) is 3.97. The molecule has 0 saturated carbocycles. The Balaban J connectivity index is 1.93. The second-order valence-electron chi connectivity index (χ2n) is 3.58. The van der Waals surface area contributed by atoms with Gasteiger partial charge in [-0.15, -0.1) is 0 Å². The first-order valence-electron chi connectivity index (χ1n) is 5.38. The molecule has 0 aliphatic heterocycles. The van der Waals surface area contributed by atoms with Gasteiger partial charge in [0.05, 0.1) is 18.4 Å². The molecule has 2 aromatic heterocycles. The minimum absolute atomic E-state index is 0.0331. The van der Waals surface area contributed by atoms with Crippen molar-refractivity contribution in [1.82, 2.24) is 9.97 Å². The summed E-state index contributed by atoms with van der Waals surface area (Å²) in [6.45, 7) is -2.40. The highest BCUT2D eigenvalue weighted by atomic mass is 35.5. The van der Waals surface area contributed by atoms with Gasteiger partial charge in [0.2, 0.25) is 0 Å². The quantitative estimate of drug-likeness (QED) is 0.856. The highest BCUT2D eigenvalue weighted by Crippen LogP contribution is 2.15. The SMILES string of the molecule is FC(F)Oc1ccc(CNc2ccnc(Cl)c2)nc1. The largest absolute Gasteiger partial charge is 0.433 e. The Hall–Kier alpha value is -1.95. The summed E-state index contributed by atoms with van der Waals surface area (Å²) in [7, 11) is 0. The molecule has 0 unspecified atom stereocenters. The first-order valence-corrected chi connectivity index (χ1v) is 5.76. The lowest BCUT2D eigenvalue weighted by Crippen LogP contribution is -2.04. The maximum Gasteiger partial charge on any atom is 0.387 e. The maximum absolute atomic E-state index is 11.9. The Bertz CT molecular complexity index is 537. The van der Waals surface area contributed by atoms with E-state index < -0.39 is 6.61 Å². The molecule has 0 bridgehead atoms. The molecule has 2 heterocycles. The van der Waals surface area contributed by atoms with Gasteiger partial charge in [-0.25, -0.2) is 4.98 Å². The number of hydrogen-bond donors (Lipinski definition) is 1. The first-order chi connectivity index (χ1) is 9.13. The zero-order valence-electron chi connectivity index (χ0n) is 9.69. The van der Waals surface area contributed by atoms with Crippen LogP contribution in [0.3, 0.4) is 0 Å². The summed E-state index contributed by atoms with van der Waals surface area (Å²) in [5, 5.41) is 3.47. The van der Waals surface area contributed by atoms with Crippen LogP contribution in [0.5, 0.6) is 5.75 Å². The topological polar surface area (TPSA) is 47.0 Å². The van der Waals surface area contributed by atoms with E-state index in [1.807, 2.05) is 0 Å². The molecule has 0 fully saturated rings. The lowest BCUT2D eigenvalue weighted by atomic mass is 10.3. The molecule has 0 radical (unpaired) electrons. The van der Waals surface area contributed by atoms with Crippen LogP contribution < -0.4 is 10.1 Å². The van der Waals surface area contributed by atoms with Crippen LogP contribution in [0.25, 0.3) is 0 Å². The molecule has 100 valence electrons. The standard InChI is InChI=1S/C12H10ClF2N3O/c13-11-5-8(3-4-16-11)17-6-9-1-2-10(7-18-9)19-12(14)15/h1-5,7,12H,6H2,(H,16,17). The van der Waals surface area contributed by atoms with Crippen molar-refractivity contribution in [2.75, 3.05) is 5.32 Å². The van der Waals surface area contributed by atoms with Gasteiger partial charge in [0.15, 0.2) is 0 Å². The summed E-state index contributed by atoms with van der Waals surface area (Å²) < 4.78 is 28.1. The third kappa shape index (κ3) is 4.33.